The molecule has 0 saturated heterocycles. The van der Waals surface area contributed by atoms with Gasteiger partial charge in [0, 0.05) is 16.1 Å². The van der Waals surface area contributed by atoms with Gasteiger partial charge in [0.05, 0.1) is 0 Å². The van der Waals surface area contributed by atoms with Crippen molar-refractivity contribution in [1.29, 1.82) is 0 Å². The van der Waals surface area contributed by atoms with Crippen LogP contribution in [0.25, 0.3) is 0 Å². The quantitative estimate of drug-likeness (QED) is 0.317. The molecule has 0 atom stereocenters. The summed E-state index contributed by atoms with van der Waals surface area (Å²) < 4.78 is 0. The van der Waals surface area contributed by atoms with Crippen LogP contribution in [0, 0.1) is 0 Å². The summed E-state index contributed by atoms with van der Waals surface area (Å²) in [5, 5.41) is 0. The zero-order valence-corrected chi connectivity index (χ0v) is 14.1. The summed E-state index contributed by atoms with van der Waals surface area (Å²) in [6.45, 7) is 14.5. The monoisotopic (exact) mass is 254 g/mol. The molecule has 0 aromatic rings. The first-order valence-electron chi connectivity index (χ1n) is 6.51. The van der Waals surface area contributed by atoms with Crippen LogP contribution in [0.3, 0.4) is 0 Å². The van der Waals surface area contributed by atoms with Gasteiger partial charge in [-0.15, -0.1) is 0 Å². The Bertz CT molecular complexity index is 200. The highest BCUT2D eigenvalue weighted by molar-refractivity contribution is 6.76. The van der Waals surface area contributed by atoms with Crippen LogP contribution in [0.5, 0.6) is 0 Å². The van der Waals surface area contributed by atoms with Crippen molar-refractivity contribution in [2.24, 2.45) is 0 Å². The first-order chi connectivity index (χ1) is 7.21. The molecule has 0 bridgehead atoms. The van der Waals surface area contributed by atoms with Crippen molar-refractivity contribution >= 4 is 16.1 Å². The van der Waals surface area contributed by atoms with Crippen LogP contribution in [0.4, 0.5) is 0 Å². The highest BCUT2D eigenvalue weighted by Crippen LogP contribution is 2.10. The zero-order chi connectivity index (χ0) is 12.7. The van der Waals surface area contributed by atoms with Gasteiger partial charge in [-0.2, -0.15) is 0 Å². The molecule has 0 saturated carbocycles. The van der Waals surface area contributed by atoms with Crippen molar-refractivity contribution in [3.63, 3.8) is 0 Å². The zero-order valence-electron chi connectivity index (χ0n) is 12.1. The van der Waals surface area contributed by atoms with Crippen molar-refractivity contribution in [1.82, 2.24) is 0 Å². The van der Waals surface area contributed by atoms with Crippen molar-refractivity contribution in [2.45, 2.75) is 64.2 Å². The number of rotatable bonds is 7. The summed E-state index contributed by atoms with van der Waals surface area (Å²) in [5.74, 6) is 0. The van der Waals surface area contributed by atoms with Crippen LogP contribution < -0.4 is 0 Å². The number of hydrogen-bond donors (Lipinski definition) is 0. The Morgan fingerprint density at radius 3 is 1.12 bits per heavy atom. The largest absolute Gasteiger partial charge is 0.0912 e. The van der Waals surface area contributed by atoms with Crippen LogP contribution in [0.2, 0.25) is 51.4 Å². The first kappa shape index (κ1) is 15.9. The second-order valence-corrected chi connectivity index (χ2v) is 18.1. The minimum Gasteiger partial charge on any atom is -0.0912 e. The van der Waals surface area contributed by atoms with Gasteiger partial charge < -0.3 is 0 Å². The Morgan fingerprint density at radius 2 is 0.875 bits per heavy atom. The average molecular weight is 255 g/mol. The summed E-state index contributed by atoms with van der Waals surface area (Å²) in [5.41, 5.74) is 0. The van der Waals surface area contributed by atoms with Gasteiger partial charge in [0.25, 0.3) is 0 Å². The summed E-state index contributed by atoms with van der Waals surface area (Å²) in [4.78, 5) is 0. The lowest BCUT2D eigenvalue weighted by molar-refractivity contribution is 1.04. The molecule has 0 unspecified atom stereocenters. The molecule has 16 heavy (non-hydrogen) atoms. The minimum absolute atomic E-state index is 0.857. The molecule has 0 aromatic heterocycles. The van der Waals surface area contributed by atoms with Crippen LogP contribution in [0.1, 0.15) is 12.8 Å². The Labute approximate surface area is 105 Å². The van der Waals surface area contributed by atoms with Gasteiger partial charge in [0.15, 0.2) is 0 Å². The molecule has 0 aromatic carbocycles. The first-order valence-corrected chi connectivity index (χ1v) is 13.9. The highest BCUT2D eigenvalue weighted by Gasteiger charge is 2.09. The maximum atomic E-state index is 2.42. The van der Waals surface area contributed by atoms with Gasteiger partial charge in [-0.1, -0.05) is 63.6 Å². The number of unbranched alkanes of at least 4 members (excludes halogenated alkanes) is 1. The normalized spacial score (nSPS) is 14.1. The molecule has 0 aliphatic rings. The fourth-order valence-electron chi connectivity index (χ4n) is 1.30. The summed E-state index contributed by atoms with van der Waals surface area (Å²) >= 11 is 0. The van der Waals surface area contributed by atoms with Crippen molar-refractivity contribution in [3.8, 4) is 0 Å². The van der Waals surface area contributed by atoms with E-state index in [4.69, 9.17) is 0 Å². The molecular weight excluding hydrogens is 224 g/mol. The van der Waals surface area contributed by atoms with Gasteiger partial charge in [-0.3, -0.25) is 0 Å². The predicted octanol–water partition coefficient (Wildman–Crippen LogP) is 5.56. The van der Waals surface area contributed by atoms with Crippen LogP contribution >= 0.6 is 0 Å². The lowest BCUT2D eigenvalue weighted by Gasteiger charge is -2.11. The highest BCUT2D eigenvalue weighted by atomic mass is 28.3. The Kier molecular flexibility index (Phi) is 7.24. The van der Waals surface area contributed by atoms with E-state index in [1.165, 1.54) is 24.9 Å². The van der Waals surface area contributed by atoms with Gasteiger partial charge >= 0.3 is 0 Å². The van der Waals surface area contributed by atoms with E-state index >= 15 is 0 Å². The minimum atomic E-state index is -0.857. The molecule has 0 aliphatic heterocycles. The predicted molar refractivity (Wildman–Crippen MR) is 83.8 cm³/mol. The van der Waals surface area contributed by atoms with Crippen molar-refractivity contribution in [2.75, 3.05) is 0 Å². The molecule has 0 spiro atoms. The Hall–Kier alpha value is -0.0862. The molecule has 0 heterocycles. The van der Waals surface area contributed by atoms with E-state index < -0.39 is 16.1 Å². The van der Waals surface area contributed by atoms with E-state index in [0.717, 1.165) is 0 Å². The van der Waals surface area contributed by atoms with Crippen LogP contribution in [0.15, 0.2) is 24.3 Å². The van der Waals surface area contributed by atoms with Crippen molar-refractivity contribution in [3.05, 3.63) is 24.3 Å². The van der Waals surface area contributed by atoms with E-state index in [-0.39, 0.29) is 0 Å². The standard InChI is InChI=1S/C14H30Si2/c1-15(2,3)13-11-9-7-8-10-12-14-16(4,5)6/h9-12H,7-8,13-14H2,1-6H3/b11-9-,12-10+. The molecule has 94 valence electrons. The smallest absolute Gasteiger partial charge is 0.0480 e. The fraction of sp³-hybridized carbons (Fsp3) is 0.714. The Morgan fingerprint density at radius 1 is 0.562 bits per heavy atom. The molecule has 0 rings (SSSR count). The fourth-order valence-corrected chi connectivity index (χ4v) is 3.05. The molecule has 0 nitrogen and oxygen atoms in total. The third-order valence-corrected chi connectivity index (χ3v) is 5.21. The molecule has 0 fully saturated rings. The van der Waals surface area contributed by atoms with E-state index in [1.54, 1.807) is 0 Å². The second-order valence-electron chi connectivity index (χ2n) is 7.05. The van der Waals surface area contributed by atoms with Gasteiger partial charge in [0.1, 0.15) is 0 Å². The maximum Gasteiger partial charge on any atom is 0.0480 e. The second kappa shape index (κ2) is 7.28. The third-order valence-electron chi connectivity index (χ3n) is 2.29. The molecule has 0 amide bonds. The van der Waals surface area contributed by atoms with E-state index in [2.05, 4.69) is 63.6 Å². The Balaban J connectivity index is 3.54. The molecule has 0 aliphatic carbocycles. The molecular formula is C14H30Si2. The third kappa shape index (κ3) is 13.9. The van der Waals surface area contributed by atoms with E-state index in [1.807, 2.05) is 0 Å². The summed E-state index contributed by atoms with van der Waals surface area (Å²) in [6, 6.07) is 2.65. The van der Waals surface area contributed by atoms with E-state index in [9.17, 15) is 0 Å². The topological polar surface area (TPSA) is 0 Å². The van der Waals surface area contributed by atoms with Crippen molar-refractivity contribution < 1.29 is 0 Å². The molecule has 2 heteroatoms. The van der Waals surface area contributed by atoms with Gasteiger partial charge in [0.2, 0.25) is 0 Å². The molecule has 0 radical (unpaired) electrons. The van der Waals surface area contributed by atoms with Gasteiger partial charge in [-0.05, 0) is 24.9 Å². The summed E-state index contributed by atoms with van der Waals surface area (Å²) in [7, 11) is -1.71. The maximum absolute atomic E-state index is 2.42. The number of hydrogen-bond acceptors (Lipinski definition) is 0. The van der Waals surface area contributed by atoms with Gasteiger partial charge in [-0.25, -0.2) is 0 Å². The van der Waals surface area contributed by atoms with E-state index in [0.29, 0.717) is 0 Å². The number of allylic oxidation sites excluding steroid dienone is 4. The SMILES string of the molecule is C[Si](C)(C)C/C=C\CC/C=C/C[Si](C)(C)C. The van der Waals surface area contributed by atoms with Crippen LogP contribution in [-0.2, 0) is 0 Å². The molecule has 0 N–H and O–H groups in total. The van der Waals surface area contributed by atoms with Crippen LogP contribution in [-0.4, -0.2) is 16.1 Å². The lowest BCUT2D eigenvalue weighted by atomic mass is 10.3. The summed E-state index contributed by atoms with van der Waals surface area (Å²) in [6.07, 6.45) is 11.9. The average Bonchev–Trinajstić information content (AvgIpc) is 2.06. The lowest BCUT2D eigenvalue weighted by Crippen LogP contribution is -2.17.